The topological polar surface area (TPSA) is 95.3 Å². The molecule has 0 unspecified atom stereocenters. The molecule has 0 aliphatic heterocycles. The molecular weight excluding hydrogens is 384 g/mol. The number of nitrogens with zero attached hydrogens (tertiary/aromatic N) is 3. The van der Waals surface area contributed by atoms with Crippen molar-refractivity contribution in [1.82, 2.24) is 20.3 Å². The van der Waals surface area contributed by atoms with Crippen molar-refractivity contribution in [3.63, 3.8) is 0 Å². The summed E-state index contributed by atoms with van der Waals surface area (Å²) >= 11 is 0. The van der Waals surface area contributed by atoms with E-state index >= 15 is 0 Å². The van der Waals surface area contributed by atoms with Gasteiger partial charge in [0.2, 0.25) is 5.69 Å². The Hall–Kier alpha value is -3.68. The van der Waals surface area contributed by atoms with Crippen molar-refractivity contribution >= 4 is 11.9 Å². The van der Waals surface area contributed by atoms with Gasteiger partial charge in [-0.05, 0) is 49.6 Å². The third kappa shape index (κ3) is 5.02. The Morgan fingerprint density at radius 2 is 1.80 bits per heavy atom. The number of ether oxygens (including phenoxy) is 2. The number of rotatable bonds is 9. The second kappa shape index (κ2) is 10.2. The zero-order chi connectivity index (χ0) is 21.3. The van der Waals surface area contributed by atoms with Gasteiger partial charge in [0.15, 0.2) is 0 Å². The lowest BCUT2D eigenvalue weighted by molar-refractivity contribution is 0.0588. The molecule has 0 spiro atoms. The van der Waals surface area contributed by atoms with Crippen LogP contribution in [0.1, 0.15) is 39.8 Å². The Bertz CT molecular complexity index is 984. The van der Waals surface area contributed by atoms with Crippen LogP contribution in [0.5, 0.6) is 5.88 Å². The van der Waals surface area contributed by atoms with Crippen LogP contribution < -0.4 is 10.1 Å². The second-order valence-corrected chi connectivity index (χ2v) is 6.49. The molecule has 0 saturated carbocycles. The summed E-state index contributed by atoms with van der Waals surface area (Å²) in [6, 6.07) is 16.9. The maximum absolute atomic E-state index is 12.1. The van der Waals surface area contributed by atoms with Gasteiger partial charge in [0, 0.05) is 12.1 Å². The van der Waals surface area contributed by atoms with E-state index in [2.05, 4.69) is 27.8 Å². The molecule has 1 amide bonds. The highest BCUT2D eigenvalue weighted by molar-refractivity contribution is 5.94. The Morgan fingerprint density at radius 1 is 1.07 bits per heavy atom. The van der Waals surface area contributed by atoms with Crippen LogP contribution in [-0.4, -0.2) is 47.1 Å². The van der Waals surface area contributed by atoms with E-state index in [0.29, 0.717) is 24.4 Å². The summed E-state index contributed by atoms with van der Waals surface area (Å²) < 4.78 is 12.1. The molecule has 156 valence electrons. The van der Waals surface area contributed by atoms with E-state index in [-0.39, 0.29) is 17.5 Å². The average molecular weight is 408 g/mol. The van der Waals surface area contributed by atoms with Crippen LogP contribution in [0, 0.1) is 0 Å². The fraction of sp³-hybridized carbons (Fsp3) is 0.273. The van der Waals surface area contributed by atoms with Gasteiger partial charge in [-0.3, -0.25) is 4.79 Å². The molecule has 1 heterocycles. The molecule has 0 aliphatic carbocycles. The Balaban J connectivity index is 1.76. The van der Waals surface area contributed by atoms with Gasteiger partial charge in [-0.25, -0.2) is 4.79 Å². The van der Waals surface area contributed by atoms with Gasteiger partial charge in [-0.15, -0.1) is 5.10 Å². The summed E-state index contributed by atoms with van der Waals surface area (Å²) in [6.07, 6.45) is 1.60. The number of hydrogen-bond donors (Lipinski definition) is 1. The quantitative estimate of drug-likeness (QED) is 0.432. The summed E-state index contributed by atoms with van der Waals surface area (Å²) in [5.74, 6) is -0.575. The molecule has 8 heteroatoms. The first-order chi connectivity index (χ1) is 14.6. The Morgan fingerprint density at radius 3 is 2.47 bits per heavy atom. The summed E-state index contributed by atoms with van der Waals surface area (Å²) in [5, 5.41) is 10.7. The number of esters is 1. The Labute approximate surface area is 174 Å². The minimum Gasteiger partial charge on any atom is -0.476 e. The normalized spacial score (nSPS) is 10.5. The number of nitrogens with one attached hydrogen (secondary N) is 1. The third-order valence-electron chi connectivity index (χ3n) is 4.41. The average Bonchev–Trinajstić information content (AvgIpc) is 3.21. The van der Waals surface area contributed by atoms with Crippen molar-refractivity contribution in [2.75, 3.05) is 20.3 Å². The number of benzene rings is 2. The lowest BCUT2D eigenvalue weighted by Crippen LogP contribution is -2.22. The van der Waals surface area contributed by atoms with Crippen LogP contribution in [0.2, 0.25) is 0 Å². The van der Waals surface area contributed by atoms with E-state index < -0.39 is 5.97 Å². The first-order valence-corrected chi connectivity index (χ1v) is 9.73. The van der Waals surface area contributed by atoms with Gasteiger partial charge in [-0.1, -0.05) is 35.5 Å². The zero-order valence-corrected chi connectivity index (χ0v) is 17.0. The minimum atomic E-state index is -0.627. The van der Waals surface area contributed by atoms with E-state index in [1.54, 1.807) is 24.3 Å². The highest BCUT2D eigenvalue weighted by atomic mass is 16.5. The SMILES string of the molecule is CCNC(=O)c1ccc(-n2nnc(C(=O)OC)c2OCCCc2ccccc2)cc1. The molecule has 8 nitrogen and oxygen atoms in total. The maximum atomic E-state index is 12.1. The summed E-state index contributed by atoms with van der Waals surface area (Å²) in [7, 11) is 1.28. The highest BCUT2D eigenvalue weighted by Gasteiger charge is 2.23. The van der Waals surface area contributed by atoms with Crippen LogP contribution in [0.4, 0.5) is 0 Å². The monoisotopic (exact) mass is 408 g/mol. The first-order valence-electron chi connectivity index (χ1n) is 9.73. The predicted molar refractivity (Wildman–Crippen MR) is 111 cm³/mol. The third-order valence-corrected chi connectivity index (χ3v) is 4.41. The molecule has 0 radical (unpaired) electrons. The van der Waals surface area contributed by atoms with Crippen LogP contribution in [-0.2, 0) is 11.2 Å². The van der Waals surface area contributed by atoms with Crippen LogP contribution in [0.15, 0.2) is 54.6 Å². The molecule has 30 heavy (non-hydrogen) atoms. The summed E-state index contributed by atoms with van der Waals surface area (Å²) in [4.78, 5) is 24.0. The van der Waals surface area contributed by atoms with Crippen molar-refractivity contribution < 1.29 is 19.1 Å². The standard InChI is InChI=1S/C22H24N4O4/c1-3-23-20(27)17-11-13-18(14-12-17)26-21(19(24-25-26)22(28)29-2)30-15-7-10-16-8-5-4-6-9-16/h4-6,8-9,11-14H,3,7,10,15H2,1-2H3,(H,23,27). The van der Waals surface area contributed by atoms with Gasteiger partial charge in [0.05, 0.1) is 19.4 Å². The van der Waals surface area contributed by atoms with E-state index in [1.165, 1.54) is 17.4 Å². The maximum Gasteiger partial charge on any atom is 0.364 e. The van der Waals surface area contributed by atoms with Gasteiger partial charge in [0.25, 0.3) is 11.8 Å². The van der Waals surface area contributed by atoms with E-state index in [9.17, 15) is 9.59 Å². The fourth-order valence-corrected chi connectivity index (χ4v) is 2.90. The van der Waals surface area contributed by atoms with Crippen LogP contribution in [0.25, 0.3) is 5.69 Å². The lowest BCUT2D eigenvalue weighted by Gasteiger charge is -2.10. The number of aromatic nitrogens is 3. The predicted octanol–water partition coefficient (Wildman–Crippen LogP) is 2.82. The van der Waals surface area contributed by atoms with E-state index in [1.807, 2.05) is 25.1 Å². The van der Waals surface area contributed by atoms with Crippen molar-refractivity contribution in [2.24, 2.45) is 0 Å². The molecular formula is C22H24N4O4. The summed E-state index contributed by atoms with van der Waals surface area (Å²) in [6.45, 7) is 2.79. The van der Waals surface area contributed by atoms with Gasteiger partial charge >= 0.3 is 5.97 Å². The molecule has 3 rings (SSSR count). The molecule has 0 saturated heterocycles. The number of hydrogen-bond acceptors (Lipinski definition) is 6. The van der Waals surface area contributed by atoms with Crippen molar-refractivity contribution in [3.8, 4) is 11.6 Å². The largest absolute Gasteiger partial charge is 0.476 e. The summed E-state index contributed by atoms with van der Waals surface area (Å²) in [5.41, 5.74) is 2.36. The Kier molecular flexibility index (Phi) is 7.15. The minimum absolute atomic E-state index is 0.00464. The van der Waals surface area contributed by atoms with Gasteiger partial charge in [0.1, 0.15) is 0 Å². The zero-order valence-electron chi connectivity index (χ0n) is 17.0. The molecule has 3 aromatic rings. The van der Waals surface area contributed by atoms with E-state index in [0.717, 1.165) is 12.8 Å². The molecule has 2 aromatic carbocycles. The first kappa shape index (κ1) is 21.0. The number of carbonyl (C=O) groups excluding carboxylic acids is 2. The number of aryl methyl sites for hydroxylation is 1. The fourth-order valence-electron chi connectivity index (χ4n) is 2.90. The molecule has 0 bridgehead atoms. The van der Waals surface area contributed by atoms with Crippen molar-refractivity contribution in [3.05, 3.63) is 71.4 Å². The van der Waals surface area contributed by atoms with Crippen molar-refractivity contribution in [1.29, 1.82) is 0 Å². The molecule has 0 aliphatic rings. The lowest BCUT2D eigenvalue weighted by atomic mass is 10.1. The van der Waals surface area contributed by atoms with Crippen molar-refractivity contribution in [2.45, 2.75) is 19.8 Å². The highest BCUT2D eigenvalue weighted by Crippen LogP contribution is 2.22. The van der Waals surface area contributed by atoms with Crippen LogP contribution in [0.3, 0.4) is 0 Å². The van der Waals surface area contributed by atoms with E-state index in [4.69, 9.17) is 9.47 Å². The molecule has 1 N–H and O–H groups in total. The molecule has 0 atom stereocenters. The van der Waals surface area contributed by atoms with Crippen LogP contribution >= 0.6 is 0 Å². The molecule has 0 fully saturated rings. The number of carbonyl (C=O) groups is 2. The number of methoxy groups -OCH3 is 1. The second-order valence-electron chi connectivity index (χ2n) is 6.49. The molecule has 1 aromatic heterocycles. The number of amides is 1. The smallest absolute Gasteiger partial charge is 0.364 e. The van der Waals surface area contributed by atoms with Gasteiger partial charge in [-0.2, -0.15) is 4.68 Å². The van der Waals surface area contributed by atoms with Gasteiger partial charge < -0.3 is 14.8 Å².